The Labute approximate surface area is 58.5 Å². The lowest BCUT2D eigenvalue weighted by Crippen LogP contribution is -2.23. The molecule has 1 aliphatic heterocycles. The zero-order valence-corrected chi connectivity index (χ0v) is 6.61. The molecule has 1 nitrogen and oxygen atoms in total. The summed E-state index contributed by atoms with van der Waals surface area (Å²) in [5, 5.41) is 0. The first-order valence-electron chi connectivity index (χ1n) is 2.82. The van der Waals surface area contributed by atoms with Crippen LogP contribution in [0.3, 0.4) is 0 Å². The van der Waals surface area contributed by atoms with Gasteiger partial charge in [0, 0.05) is 17.6 Å². The van der Waals surface area contributed by atoms with Crippen LogP contribution in [0.25, 0.3) is 0 Å². The van der Waals surface area contributed by atoms with Gasteiger partial charge < -0.3 is 4.90 Å². The first-order chi connectivity index (χ1) is 3.79. The van der Waals surface area contributed by atoms with Crippen LogP contribution < -0.4 is 0 Å². The van der Waals surface area contributed by atoms with Crippen LogP contribution in [0.1, 0.15) is 6.42 Å². The first-order valence-corrected chi connectivity index (χ1v) is 3.61. The lowest BCUT2D eigenvalue weighted by molar-refractivity contribution is 0.363. The van der Waals surface area contributed by atoms with Crippen molar-refractivity contribution in [3.63, 3.8) is 0 Å². The van der Waals surface area contributed by atoms with Crippen molar-refractivity contribution in [1.82, 2.24) is 4.90 Å². The van der Waals surface area contributed by atoms with Crippen molar-refractivity contribution in [2.75, 3.05) is 20.1 Å². The van der Waals surface area contributed by atoms with Crippen LogP contribution >= 0.6 is 15.9 Å². The minimum Gasteiger partial charge on any atom is -0.301 e. The SMILES string of the molecule is CN1CCC=C(Br)C1. The summed E-state index contributed by atoms with van der Waals surface area (Å²) >= 11 is 3.45. The van der Waals surface area contributed by atoms with E-state index in [4.69, 9.17) is 0 Å². The number of halogens is 1. The Hall–Kier alpha value is 0.180. The van der Waals surface area contributed by atoms with Gasteiger partial charge in [-0.05, 0) is 13.5 Å². The molecule has 0 spiro atoms. The van der Waals surface area contributed by atoms with Crippen molar-refractivity contribution in [3.05, 3.63) is 10.6 Å². The molecule has 0 aromatic heterocycles. The highest BCUT2D eigenvalue weighted by Gasteiger charge is 2.03. The van der Waals surface area contributed by atoms with Crippen molar-refractivity contribution in [2.45, 2.75) is 6.42 Å². The molecule has 8 heavy (non-hydrogen) atoms. The normalized spacial score (nSPS) is 23.0. The Bertz CT molecular complexity index is 109. The number of hydrogen-bond acceptors (Lipinski definition) is 1. The van der Waals surface area contributed by atoms with Crippen molar-refractivity contribution in [3.8, 4) is 0 Å². The Balaban J connectivity index is 2.45. The van der Waals surface area contributed by atoms with Crippen molar-refractivity contribution in [1.29, 1.82) is 0 Å². The lowest BCUT2D eigenvalue weighted by atomic mass is 10.3. The fourth-order valence-corrected chi connectivity index (χ4v) is 1.50. The molecule has 0 N–H and O–H groups in total. The lowest BCUT2D eigenvalue weighted by Gasteiger charge is -2.19. The predicted octanol–water partition coefficient (Wildman–Crippen LogP) is 1.60. The average Bonchev–Trinajstić information content (AvgIpc) is 1.64. The van der Waals surface area contributed by atoms with Crippen LogP contribution in [0, 0.1) is 0 Å². The fraction of sp³-hybridized carbons (Fsp3) is 0.667. The van der Waals surface area contributed by atoms with Crippen LogP contribution in [-0.2, 0) is 0 Å². The summed E-state index contributed by atoms with van der Waals surface area (Å²) in [6.07, 6.45) is 3.43. The highest BCUT2D eigenvalue weighted by atomic mass is 79.9. The van der Waals surface area contributed by atoms with Gasteiger partial charge in [0.2, 0.25) is 0 Å². The molecule has 0 fully saturated rings. The van der Waals surface area contributed by atoms with Gasteiger partial charge in [-0.15, -0.1) is 0 Å². The Morgan fingerprint density at radius 1 is 1.75 bits per heavy atom. The molecule has 0 unspecified atom stereocenters. The highest BCUT2D eigenvalue weighted by molar-refractivity contribution is 9.11. The van der Waals surface area contributed by atoms with Gasteiger partial charge in [-0.2, -0.15) is 0 Å². The van der Waals surface area contributed by atoms with E-state index < -0.39 is 0 Å². The zero-order valence-electron chi connectivity index (χ0n) is 5.02. The summed E-state index contributed by atoms with van der Waals surface area (Å²) in [7, 11) is 2.13. The second-order valence-corrected chi connectivity index (χ2v) is 3.20. The van der Waals surface area contributed by atoms with Gasteiger partial charge in [0.15, 0.2) is 0 Å². The molecule has 0 radical (unpaired) electrons. The van der Waals surface area contributed by atoms with E-state index in [9.17, 15) is 0 Å². The Kier molecular flexibility index (Phi) is 2.08. The monoisotopic (exact) mass is 175 g/mol. The molecular formula is C6H10BrN. The number of rotatable bonds is 0. The molecule has 0 aromatic rings. The third-order valence-corrected chi connectivity index (χ3v) is 1.87. The molecule has 0 bridgehead atoms. The summed E-state index contributed by atoms with van der Waals surface area (Å²) in [6.45, 7) is 2.29. The molecule has 0 saturated carbocycles. The molecule has 0 amide bonds. The van der Waals surface area contributed by atoms with E-state index >= 15 is 0 Å². The van der Waals surface area contributed by atoms with E-state index in [0.717, 1.165) is 6.54 Å². The quantitative estimate of drug-likeness (QED) is 0.541. The van der Waals surface area contributed by atoms with Crippen LogP contribution in [0.4, 0.5) is 0 Å². The fourth-order valence-electron chi connectivity index (χ4n) is 0.843. The van der Waals surface area contributed by atoms with Gasteiger partial charge >= 0.3 is 0 Å². The molecule has 0 atom stereocenters. The zero-order chi connectivity index (χ0) is 5.98. The standard InChI is InChI=1S/C6H10BrN/c1-8-4-2-3-6(7)5-8/h3H,2,4-5H2,1H3. The molecule has 46 valence electrons. The van der Waals surface area contributed by atoms with Gasteiger partial charge in [-0.1, -0.05) is 22.0 Å². The highest BCUT2D eigenvalue weighted by Crippen LogP contribution is 2.12. The first kappa shape index (κ1) is 6.30. The maximum absolute atomic E-state index is 3.45. The van der Waals surface area contributed by atoms with Gasteiger partial charge in [0.25, 0.3) is 0 Å². The minimum absolute atomic E-state index is 1.08. The van der Waals surface area contributed by atoms with E-state index in [1.807, 2.05) is 0 Å². The van der Waals surface area contributed by atoms with E-state index in [2.05, 4.69) is 34.0 Å². The molecule has 1 rings (SSSR count). The van der Waals surface area contributed by atoms with E-state index in [-0.39, 0.29) is 0 Å². The molecule has 1 heterocycles. The van der Waals surface area contributed by atoms with Crippen LogP contribution in [0.15, 0.2) is 10.6 Å². The third kappa shape index (κ3) is 1.60. The number of nitrogens with zero attached hydrogens (tertiary/aromatic N) is 1. The van der Waals surface area contributed by atoms with E-state index in [1.54, 1.807) is 0 Å². The van der Waals surface area contributed by atoms with Gasteiger partial charge in [0.1, 0.15) is 0 Å². The number of likely N-dealkylation sites (N-methyl/N-ethyl adjacent to an activating group) is 1. The number of hydrogen-bond donors (Lipinski definition) is 0. The molecule has 1 aliphatic rings. The third-order valence-electron chi connectivity index (χ3n) is 1.30. The topological polar surface area (TPSA) is 3.24 Å². The summed E-state index contributed by atoms with van der Waals surface area (Å²) in [6, 6.07) is 0. The summed E-state index contributed by atoms with van der Waals surface area (Å²) in [5.41, 5.74) is 0. The average molecular weight is 176 g/mol. The second kappa shape index (κ2) is 2.65. The van der Waals surface area contributed by atoms with Crippen molar-refractivity contribution < 1.29 is 0 Å². The molecular weight excluding hydrogens is 166 g/mol. The van der Waals surface area contributed by atoms with Crippen LogP contribution in [0.5, 0.6) is 0 Å². The van der Waals surface area contributed by atoms with Gasteiger partial charge in [-0.3, -0.25) is 0 Å². The smallest absolute Gasteiger partial charge is 0.0293 e. The largest absolute Gasteiger partial charge is 0.301 e. The second-order valence-electron chi connectivity index (χ2n) is 2.18. The van der Waals surface area contributed by atoms with Crippen LogP contribution in [-0.4, -0.2) is 25.0 Å². The molecule has 0 aliphatic carbocycles. The van der Waals surface area contributed by atoms with Crippen molar-refractivity contribution >= 4 is 15.9 Å². The summed E-state index contributed by atoms with van der Waals surface area (Å²) < 4.78 is 1.33. The van der Waals surface area contributed by atoms with E-state index in [0.29, 0.717) is 0 Å². The van der Waals surface area contributed by atoms with Crippen LogP contribution in [0.2, 0.25) is 0 Å². The van der Waals surface area contributed by atoms with Gasteiger partial charge in [-0.25, -0.2) is 0 Å². The molecule has 0 saturated heterocycles. The predicted molar refractivity (Wildman–Crippen MR) is 39.1 cm³/mol. The van der Waals surface area contributed by atoms with E-state index in [1.165, 1.54) is 17.4 Å². The maximum atomic E-state index is 3.45. The molecule has 2 heteroatoms. The van der Waals surface area contributed by atoms with Crippen molar-refractivity contribution in [2.24, 2.45) is 0 Å². The molecule has 0 aromatic carbocycles. The summed E-state index contributed by atoms with van der Waals surface area (Å²) in [5.74, 6) is 0. The van der Waals surface area contributed by atoms with Gasteiger partial charge in [0.05, 0.1) is 0 Å². The Morgan fingerprint density at radius 2 is 2.50 bits per heavy atom. The maximum Gasteiger partial charge on any atom is 0.0293 e. The summed E-state index contributed by atoms with van der Waals surface area (Å²) in [4.78, 5) is 2.30. The Morgan fingerprint density at radius 3 is 2.88 bits per heavy atom. The minimum atomic E-state index is 1.08.